The molecule has 1 N–H and O–H groups in total. The summed E-state index contributed by atoms with van der Waals surface area (Å²) in [4.78, 5) is 14.1. The van der Waals surface area contributed by atoms with E-state index in [0.29, 0.717) is 6.54 Å². The van der Waals surface area contributed by atoms with Gasteiger partial charge in [0.2, 0.25) is 12.7 Å². The average molecular weight is 276 g/mol. The number of ether oxygens (including phenoxy) is 2. The van der Waals surface area contributed by atoms with Gasteiger partial charge in [-0.15, -0.1) is 0 Å². The van der Waals surface area contributed by atoms with Crippen molar-refractivity contribution < 1.29 is 14.3 Å². The maximum atomic E-state index is 12.1. The van der Waals surface area contributed by atoms with Crippen molar-refractivity contribution in [2.45, 2.75) is 19.8 Å². The van der Waals surface area contributed by atoms with Crippen molar-refractivity contribution in [1.29, 1.82) is 0 Å². The van der Waals surface area contributed by atoms with Crippen LogP contribution in [0.1, 0.15) is 19.8 Å². The van der Waals surface area contributed by atoms with Crippen molar-refractivity contribution in [3.8, 4) is 11.5 Å². The lowest BCUT2D eigenvalue weighted by molar-refractivity contribution is -0.130. The number of rotatable bonds is 3. The van der Waals surface area contributed by atoms with Gasteiger partial charge in [-0.05, 0) is 30.9 Å². The SMILES string of the molecule is CC1CCN(C(=O)CNc2ccc3c(c2)OCO3)CC1. The van der Waals surface area contributed by atoms with E-state index in [9.17, 15) is 4.79 Å². The molecule has 2 aliphatic rings. The van der Waals surface area contributed by atoms with Gasteiger partial charge in [-0.25, -0.2) is 0 Å². The molecule has 1 saturated heterocycles. The van der Waals surface area contributed by atoms with Crippen LogP contribution in [0.15, 0.2) is 18.2 Å². The third-order valence-corrected chi connectivity index (χ3v) is 3.95. The lowest BCUT2D eigenvalue weighted by Crippen LogP contribution is -2.40. The van der Waals surface area contributed by atoms with Crippen molar-refractivity contribution >= 4 is 11.6 Å². The summed E-state index contributed by atoms with van der Waals surface area (Å²) >= 11 is 0. The van der Waals surface area contributed by atoms with Gasteiger partial charge in [-0.2, -0.15) is 0 Å². The smallest absolute Gasteiger partial charge is 0.241 e. The van der Waals surface area contributed by atoms with Crippen molar-refractivity contribution in [2.24, 2.45) is 5.92 Å². The fraction of sp³-hybridized carbons (Fsp3) is 0.533. The number of fused-ring (bicyclic) bond motifs is 1. The number of hydrogen-bond donors (Lipinski definition) is 1. The molecule has 1 fully saturated rings. The number of carbonyl (C=O) groups excluding carboxylic acids is 1. The second-order valence-electron chi connectivity index (χ2n) is 5.48. The molecule has 5 heteroatoms. The summed E-state index contributed by atoms with van der Waals surface area (Å²) in [5.74, 6) is 2.39. The van der Waals surface area contributed by atoms with Crippen LogP contribution in [0.4, 0.5) is 5.69 Å². The van der Waals surface area contributed by atoms with Crippen LogP contribution >= 0.6 is 0 Å². The van der Waals surface area contributed by atoms with E-state index >= 15 is 0 Å². The number of anilines is 1. The van der Waals surface area contributed by atoms with Crippen molar-refractivity contribution in [3.63, 3.8) is 0 Å². The summed E-state index contributed by atoms with van der Waals surface area (Å²) in [5, 5.41) is 3.16. The highest BCUT2D eigenvalue weighted by Gasteiger charge is 2.20. The molecule has 3 rings (SSSR count). The van der Waals surface area contributed by atoms with Crippen molar-refractivity contribution in [3.05, 3.63) is 18.2 Å². The van der Waals surface area contributed by atoms with E-state index in [1.54, 1.807) is 0 Å². The predicted octanol–water partition coefficient (Wildman–Crippen LogP) is 2.09. The summed E-state index contributed by atoms with van der Waals surface area (Å²) in [6, 6.07) is 5.63. The second kappa shape index (κ2) is 5.61. The monoisotopic (exact) mass is 276 g/mol. The Hall–Kier alpha value is -1.91. The van der Waals surface area contributed by atoms with Gasteiger partial charge in [0.25, 0.3) is 0 Å². The van der Waals surface area contributed by atoms with E-state index in [1.807, 2.05) is 23.1 Å². The minimum absolute atomic E-state index is 0.162. The lowest BCUT2D eigenvalue weighted by Gasteiger charge is -2.30. The Morgan fingerprint density at radius 1 is 1.30 bits per heavy atom. The molecular formula is C15H20N2O3. The zero-order chi connectivity index (χ0) is 13.9. The topological polar surface area (TPSA) is 50.8 Å². The van der Waals surface area contributed by atoms with Crippen LogP contribution in [0.5, 0.6) is 11.5 Å². The molecule has 1 aromatic carbocycles. The molecule has 1 aromatic rings. The van der Waals surface area contributed by atoms with E-state index in [2.05, 4.69) is 12.2 Å². The maximum absolute atomic E-state index is 12.1. The highest BCUT2D eigenvalue weighted by Crippen LogP contribution is 2.34. The first-order chi connectivity index (χ1) is 9.72. The molecule has 108 valence electrons. The highest BCUT2D eigenvalue weighted by molar-refractivity contribution is 5.81. The van der Waals surface area contributed by atoms with Crippen LogP contribution in [-0.2, 0) is 4.79 Å². The molecule has 0 saturated carbocycles. The van der Waals surface area contributed by atoms with Gasteiger partial charge in [-0.1, -0.05) is 6.92 Å². The number of hydrogen-bond acceptors (Lipinski definition) is 4. The Labute approximate surface area is 118 Å². The number of nitrogens with one attached hydrogen (secondary N) is 1. The standard InChI is InChI=1S/C15H20N2O3/c1-11-4-6-17(7-5-11)15(18)9-16-12-2-3-13-14(8-12)20-10-19-13/h2-3,8,11,16H,4-7,9-10H2,1H3. The van der Waals surface area contributed by atoms with Gasteiger partial charge >= 0.3 is 0 Å². The minimum Gasteiger partial charge on any atom is -0.454 e. The minimum atomic E-state index is 0.162. The van der Waals surface area contributed by atoms with E-state index in [-0.39, 0.29) is 12.7 Å². The van der Waals surface area contributed by atoms with Gasteiger partial charge in [0.05, 0.1) is 6.54 Å². The Balaban J connectivity index is 1.53. The van der Waals surface area contributed by atoms with Gasteiger partial charge in [0, 0.05) is 24.8 Å². The molecule has 0 unspecified atom stereocenters. The van der Waals surface area contributed by atoms with Crippen LogP contribution in [0.3, 0.4) is 0 Å². The molecule has 0 radical (unpaired) electrons. The van der Waals surface area contributed by atoms with Gasteiger partial charge < -0.3 is 19.7 Å². The van der Waals surface area contributed by atoms with Crippen LogP contribution in [0.2, 0.25) is 0 Å². The van der Waals surface area contributed by atoms with Crippen molar-refractivity contribution in [2.75, 3.05) is 31.7 Å². The van der Waals surface area contributed by atoms with Crippen LogP contribution < -0.4 is 14.8 Å². The Morgan fingerprint density at radius 2 is 2.05 bits per heavy atom. The van der Waals surface area contributed by atoms with E-state index in [0.717, 1.165) is 49.0 Å². The Kier molecular flexibility index (Phi) is 3.67. The third kappa shape index (κ3) is 2.81. The number of benzene rings is 1. The fourth-order valence-corrected chi connectivity index (χ4v) is 2.55. The number of amides is 1. The summed E-state index contributed by atoms with van der Waals surface area (Å²) in [6.07, 6.45) is 2.21. The summed E-state index contributed by atoms with van der Waals surface area (Å²) in [6.45, 7) is 4.59. The van der Waals surface area contributed by atoms with Crippen molar-refractivity contribution in [1.82, 2.24) is 4.90 Å². The molecule has 5 nitrogen and oxygen atoms in total. The fourth-order valence-electron chi connectivity index (χ4n) is 2.55. The van der Waals surface area contributed by atoms with E-state index < -0.39 is 0 Å². The first kappa shape index (κ1) is 13.1. The quantitative estimate of drug-likeness (QED) is 0.918. The van der Waals surface area contributed by atoms with Crippen LogP contribution in [0, 0.1) is 5.92 Å². The molecule has 0 aliphatic carbocycles. The summed E-state index contributed by atoms with van der Waals surface area (Å²) in [5.41, 5.74) is 0.882. The lowest BCUT2D eigenvalue weighted by atomic mass is 9.99. The van der Waals surface area contributed by atoms with Gasteiger partial charge in [0.15, 0.2) is 11.5 Å². The Morgan fingerprint density at radius 3 is 2.85 bits per heavy atom. The second-order valence-corrected chi connectivity index (χ2v) is 5.48. The summed E-state index contributed by atoms with van der Waals surface area (Å²) in [7, 11) is 0. The molecular weight excluding hydrogens is 256 g/mol. The van der Waals surface area contributed by atoms with Gasteiger partial charge in [0.1, 0.15) is 0 Å². The zero-order valence-corrected chi connectivity index (χ0v) is 11.7. The normalized spacial score (nSPS) is 18.1. The zero-order valence-electron chi connectivity index (χ0n) is 11.7. The number of likely N-dealkylation sites (tertiary alicyclic amines) is 1. The van der Waals surface area contributed by atoms with Crippen LogP contribution in [0.25, 0.3) is 0 Å². The first-order valence-electron chi connectivity index (χ1n) is 7.13. The maximum Gasteiger partial charge on any atom is 0.241 e. The highest BCUT2D eigenvalue weighted by atomic mass is 16.7. The third-order valence-electron chi connectivity index (χ3n) is 3.95. The molecule has 20 heavy (non-hydrogen) atoms. The molecule has 2 aliphatic heterocycles. The summed E-state index contributed by atoms with van der Waals surface area (Å²) < 4.78 is 10.6. The molecule has 0 atom stereocenters. The number of nitrogens with zero attached hydrogens (tertiary/aromatic N) is 1. The molecule has 0 bridgehead atoms. The predicted molar refractivity (Wildman–Crippen MR) is 76.0 cm³/mol. The Bertz CT molecular complexity index is 496. The average Bonchev–Trinajstić information content (AvgIpc) is 2.93. The van der Waals surface area contributed by atoms with Gasteiger partial charge in [-0.3, -0.25) is 4.79 Å². The molecule has 0 aromatic heterocycles. The number of piperidine rings is 1. The molecule has 1 amide bonds. The molecule has 0 spiro atoms. The first-order valence-corrected chi connectivity index (χ1v) is 7.13. The molecule has 2 heterocycles. The number of carbonyl (C=O) groups is 1. The largest absolute Gasteiger partial charge is 0.454 e. The van der Waals surface area contributed by atoms with Crippen LogP contribution in [-0.4, -0.2) is 37.2 Å². The van der Waals surface area contributed by atoms with E-state index in [1.165, 1.54) is 0 Å². The van der Waals surface area contributed by atoms with E-state index in [4.69, 9.17) is 9.47 Å².